The van der Waals surface area contributed by atoms with E-state index in [1.165, 1.54) is 0 Å². The van der Waals surface area contributed by atoms with Crippen molar-refractivity contribution in [2.45, 2.75) is 63.8 Å². The number of fused-ring (bicyclic) bond motifs is 1. The van der Waals surface area contributed by atoms with E-state index < -0.39 is 11.4 Å². The van der Waals surface area contributed by atoms with E-state index in [1.807, 2.05) is 24.3 Å². The van der Waals surface area contributed by atoms with Gasteiger partial charge in [-0.3, -0.25) is 9.78 Å². The number of hydrogen-bond acceptors (Lipinski definition) is 6. The second-order valence-electron chi connectivity index (χ2n) is 11.8. The predicted molar refractivity (Wildman–Crippen MR) is 162 cm³/mol. The van der Waals surface area contributed by atoms with Crippen LogP contribution in [0.3, 0.4) is 0 Å². The van der Waals surface area contributed by atoms with Gasteiger partial charge in [-0.25, -0.2) is 0 Å². The lowest BCUT2D eigenvalue weighted by Gasteiger charge is -2.24. The molecule has 3 aromatic heterocycles. The van der Waals surface area contributed by atoms with Gasteiger partial charge < -0.3 is 18.9 Å². The molecule has 2 aromatic carbocycles. The first-order valence-corrected chi connectivity index (χ1v) is 14.4. The number of carboxylic acids is 1. The zero-order valence-corrected chi connectivity index (χ0v) is 24.9. The number of carbonyl (C=O) groups is 1. The molecular formula is C33H35N3O4S. The fourth-order valence-corrected chi connectivity index (χ4v) is 5.88. The molecule has 0 saturated heterocycles. The molecular weight excluding hydrogens is 534 g/mol. The van der Waals surface area contributed by atoms with Gasteiger partial charge in [-0.1, -0.05) is 56.3 Å². The minimum Gasteiger partial charge on any atom is -0.487 e. The highest BCUT2D eigenvalue weighted by atomic mass is 32.2. The highest BCUT2D eigenvalue weighted by Crippen LogP contribution is 2.44. The van der Waals surface area contributed by atoms with Gasteiger partial charge in [-0.05, 0) is 55.3 Å². The molecule has 0 unspecified atom stereocenters. The Bertz CT molecular complexity index is 1630. The van der Waals surface area contributed by atoms with E-state index in [9.17, 15) is 9.90 Å². The lowest BCUT2D eigenvalue weighted by molar-refractivity contribution is -0.146. The zero-order valence-electron chi connectivity index (χ0n) is 24.0. The number of rotatable bonds is 10. The minimum atomic E-state index is -0.949. The highest BCUT2D eigenvalue weighted by Gasteiger charge is 2.32. The second kappa shape index (κ2) is 11.4. The summed E-state index contributed by atoms with van der Waals surface area (Å²) in [6.45, 7) is 11.1. The van der Waals surface area contributed by atoms with Crippen molar-refractivity contribution in [2.75, 3.05) is 0 Å². The molecule has 0 fully saturated rings. The maximum Gasteiger partial charge on any atom is 0.309 e. The molecule has 41 heavy (non-hydrogen) atoms. The van der Waals surface area contributed by atoms with E-state index in [2.05, 4.69) is 71.9 Å². The Morgan fingerprint density at radius 2 is 1.80 bits per heavy atom. The van der Waals surface area contributed by atoms with E-state index in [-0.39, 0.29) is 4.75 Å². The van der Waals surface area contributed by atoms with Crippen molar-refractivity contribution in [3.05, 3.63) is 96.3 Å². The molecule has 7 nitrogen and oxygen atoms in total. The average Bonchev–Trinajstić information content (AvgIpc) is 3.56. The fourth-order valence-electron chi connectivity index (χ4n) is 4.69. The minimum absolute atomic E-state index is 0.0909. The number of ether oxygens (including phenoxy) is 1. The monoisotopic (exact) mass is 569 g/mol. The first-order chi connectivity index (χ1) is 19.5. The summed E-state index contributed by atoms with van der Waals surface area (Å²) in [5, 5.41) is 14.9. The lowest BCUT2D eigenvalue weighted by Crippen LogP contribution is -2.28. The van der Waals surface area contributed by atoms with Gasteiger partial charge in [0.25, 0.3) is 0 Å². The highest BCUT2D eigenvalue weighted by molar-refractivity contribution is 8.00. The molecule has 1 N–H and O–H groups in total. The van der Waals surface area contributed by atoms with E-state index in [0.717, 1.165) is 49.6 Å². The molecule has 0 saturated carbocycles. The maximum absolute atomic E-state index is 12.3. The normalized spacial score (nSPS) is 12.1. The lowest BCUT2D eigenvalue weighted by atomic mass is 9.88. The van der Waals surface area contributed by atoms with Crippen molar-refractivity contribution in [1.29, 1.82) is 0 Å². The summed E-state index contributed by atoms with van der Waals surface area (Å²) in [6.07, 6.45) is 5.47. The molecule has 3 heterocycles. The number of carboxylic acid groups (broad SMARTS) is 1. The number of aliphatic carboxylic acids is 1. The van der Waals surface area contributed by atoms with Crippen LogP contribution in [-0.4, -0.2) is 30.5 Å². The molecule has 0 atom stereocenters. The summed E-state index contributed by atoms with van der Waals surface area (Å²) in [7, 11) is 0. The van der Waals surface area contributed by atoms with Gasteiger partial charge in [0, 0.05) is 51.0 Å². The third kappa shape index (κ3) is 6.65. The Morgan fingerprint density at radius 3 is 2.44 bits per heavy atom. The molecule has 8 heteroatoms. The summed E-state index contributed by atoms with van der Waals surface area (Å²) >= 11 is 1.77. The molecule has 0 spiro atoms. The van der Waals surface area contributed by atoms with Crippen LogP contribution in [0.25, 0.3) is 22.0 Å². The van der Waals surface area contributed by atoms with Crippen LogP contribution >= 0.6 is 11.8 Å². The summed E-state index contributed by atoms with van der Waals surface area (Å²) in [5.74, 6) is -0.0725. The SMILES string of the molecule is CC(C)(C)Sc1c(CC(C)(C)C(=O)O)n(Cc2ccc(-c3cnoc3)cc2)c2ccc(OCc3ccccn3)cc12. The molecule has 0 bridgehead atoms. The van der Waals surface area contributed by atoms with E-state index in [0.29, 0.717) is 19.6 Å². The standard InChI is InChI=1S/C33H35N3O4S/c1-32(2,3)41-30-27-16-26(39-21-25-8-6-7-15-34-25)13-14-28(27)36(29(30)17-33(4,5)31(37)38)19-22-9-11-23(12-10-22)24-18-35-40-20-24/h6-16,18,20H,17,19,21H2,1-5H3,(H,37,38). The molecule has 0 amide bonds. The van der Waals surface area contributed by atoms with Crippen LogP contribution in [0, 0.1) is 5.41 Å². The number of nitrogens with zero attached hydrogens (tertiary/aromatic N) is 3. The van der Waals surface area contributed by atoms with Crippen LogP contribution in [0.5, 0.6) is 5.75 Å². The number of thioether (sulfide) groups is 1. The van der Waals surface area contributed by atoms with Crippen LogP contribution < -0.4 is 4.74 Å². The molecule has 0 aliphatic heterocycles. The first kappa shape index (κ1) is 28.5. The van der Waals surface area contributed by atoms with Crippen molar-refractivity contribution >= 4 is 28.6 Å². The molecule has 5 rings (SSSR count). The number of pyridine rings is 1. The third-order valence-corrected chi connectivity index (χ3v) is 8.13. The maximum atomic E-state index is 12.3. The van der Waals surface area contributed by atoms with Crippen molar-refractivity contribution < 1.29 is 19.2 Å². The van der Waals surface area contributed by atoms with Crippen LogP contribution in [0.2, 0.25) is 0 Å². The number of aromatic nitrogens is 3. The second-order valence-corrected chi connectivity index (χ2v) is 13.7. The molecule has 0 radical (unpaired) electrons. The smallest absolute Gasteiger partial charge is 0.309 e. The quantitative estimate of drug-likeness (QED) is 0.171. The van der Waals surface area contributed by atoms with Gasteiger partial charge in [0.05, 0.1) is 17.3 Å². The average molecular weight is 570 g/mol. The molecule has 0 aliphatic rings. The summed E-state index contributed by atoms with van der Waals surface area (Å²) in [5.41, 5.74) is 5.02. The zero-order chi connectivity index (χ0) is 29.2. The van der Waals surface area contributed by atoms with Gasteiger partial charge in [0.15, 0.2) is 0 Å². The Balaban J connectivity index is 1.60. The summed E-state index contributed by atoms with van der Waals surface area (Å²) in [4.78, 5) is 17.7. The topological polar surface area (TPSA) is 90.4 Å². The number of benzene rings is 2. The van der Waals surface area contributed by atoms with Crippen molar-refractivity contribution in [3.63, 3.8) is 0 Å². The molecule has 0 aliphatic carbocycles. The Kier molecular flexibility index (Phi) is 7.95. The first-order valence-electron chi connectivity index (χ1n) is 13.6. The summed E-state index contributed by atoms with van der Waals surface area (Å²) in [6, 6.07) is 20.2. The predicted octanol–water partition coefficient (Wildman–Crippen LogP) is 7.86. The van der Waals surface area contributed by atoms with Crippen LogP contribution in [-0.2, 0) is 24.4 Å². The van der Waals surface area contributed by atoms with Crippen LogP contribution in [0.15, 0.2) is 88.7 Å². The Hall–Kier alpha value is -4.04. The largest absolute Gasteiger partial charge is 0.487 e. The molecule has 5 aromatic rings. The van der Waals surface area contributed by atoms with Crippen LogP contribution in [0.4, 0.5) is 0 Å². The van der Waals surface area contributed by atoms with Gasteiger partial charge in [-0.2, -0.15) is 0 Å². The van der Waals surface area contributed by atoms with E-state index >= 15 is 0 Å². The molecule has 212 valence electrons. The Morgan fingerprint density at radius 1 is 1.02 bits per heavy atom. The Labute approximate surface area is 244 Å². The van der Waals surface area contributed by atoms with E-state index in [1.54, 1.807) is 44.3 Å². The third-order valence-electron chi connectivity index (χ3n) is 6.86. The van der Waals surface area contributed by atoms with Crippen molar-refractivity contribution in [3.8, 4) is 16.9 Å². The van der Waals surface area contributed by atoms with Crippen molar-refractivity contribution in [2.24, 2.45) is 5.41 Å². The fraction of sp³-hybridized carbons (Fsp3) is 0.303. The van der Waals surface area contributed by atoms with Crippen molar-refractivity contribution in [1.82, 2.24) is 14.7 Å². The van der Waals surface area contributed by atoms with E-state index in [4.69, 9.17) is 9.26 Å². The summed E-state index contributed by atoms with van der Waals surface area (Å²) < 4.78 is 13.3. The van der Waals surface area contributed by atoms with Gasteiger partial charge >= 0.3 is 5.97 Å². The van der Waals surface area contributed by atoms with Gasteiger partial charge in [0.2, 0.25) is 0 Å². The van der Waals surface area contributed by atoms with Crippen LogP contribution in [0.1, 0.15) is 51.6 Å². The van der Waals surface area contributed by atoms with Gasteiger partial charge in [0.1, 0.15) is 18.6 Å². The van der Waals surface area contributed by atoms with Gasteiger partial charge in [-0.15, -0.1) is 11.8 Å². The number of hydrogen-bond donors (Lipinski definition) is 1.